The van der Waals surface area contributed by atoms with Crippen LogP contribution in [0.5, 0.6) is 5.75 Å². The van der Waals surface area contributed by atoms with E-state index < -0.39 is 10.2 Å². The van der Waals surface area contributed by atoms with E-state index in [2.05, 4.69) is 14.7 Å². The Bertz CT molecular complexity index is 1230. The molecule has 0 saturated heterocycles. The normalized spacial score (nSPS) is 11.8. The molecule has 4 aromatic rings. The fourth-order valence-electron chi connectivity index (χ4n) is 3.02. The number of fused-ring (bicyclic) bond motifs is 3. The number of imidazole rings is 1. The highest BCUT2D eigenvalue weighted by Gasteiger charge is 2.10. The number of hydrogen-bond donors (Lipinski definition) is 2. The van der Waals surface area contributed by atoms with Crippen molar-refractivity contribution in [3.63, 3.8) is 0 Å². The lowest BCUT2D eigenvalue weighted by molar-refractivity contribution is 0.415. The molecule has 4 rings (SSSR count). The van der Waals surface area contributed by atoms with E-state index in [4.69, 9.17) is 9.88 Å². The number of hydrogen-bond acceptors (Lipinski definition) is 5. The van der Waals surface area contributed by atoms with E-state index in [-0.39, 0.29) is 0 Å². The van der Waals surface area contributed by atoms with Crippen molar-refractivity contribution in [2.45, 2.75) is 6.54 Å². The molecule has 0 radical (unpaired) electrons. The first-order chi connectivity index (χ1) is 12.9. The number of aromatic nitrogens is 3. The molecule has 0 unspecified atom stereocenters. The number of anilines is 1. The monoisotopic (exact) mass is 383 g/mol. The third-order valence-corrected chi connectivity index (χ3v) is 4.74. The summed E-state index contributed by atoms with van der Waals surface area (Å²) in [6.45, 7) is 0.581. The Kier molecular flexibility index (Phi) is 4.17. The average Bonchev–Trinajstić information content (AvgIpc) is 3.05. The largest absolute Gasteiger partial charge is 0.497 e. The number of methoxy groups -OCH3 is 1. The highest BCUT2D eigenvalue weighted by atomic mass is 32.2. The van der Waals surface area contributed by atoms with Gasteiger partial charge in [0.05, 0.1) is 30.7 Å². The molecule has 0 bridgehead atoms. The molecule has 0 saturated carbocycles. The predicted octanol–water partition coefficient (Wildman–Crippen LogP) is 2.26. The van der Waals surface area contributed by atoms with Crippen LogP contribution in [-0.4, -0.2) is 30.1 Å². The van der Waals surface area contributed by atoms with Crippen LogP contribution in [0.4, 0.5) is 5.69 Å². The van der Waals surface area contributed by atoms with Gasteiger partial charge in [-0.1, -0.05) is 12.1 Å². The topological polar surface area (TPSA) is 112 Å². The fraction of sp³-hybridized carbons (Fsp3) is 0.111. The van der Waals surface area contributed by atoms with Gasteiger partial charge in [0.15, 0.2) is 0 Å². The molecule has 9 heteroatoms. The molecule has 0 fully saturated rings. The molecule has 138 valence electrons. The van der Waals surface area contributed by atoms with Gasteiger partial charge in [0.25, 0.3) is 10.2 Å². The van der Waals surface area contributed by atoms with Gasteiger partial charge in [0, 0.05) is 23.7 Å². The van der Waals surface area contributed by atoms with Crippen molar-refractivity contribution in [1.29, 1.82) is 0 Å². The van der Waals surface area contributed by atoms with Crippen molar-refractivity contribution in [3.8, 4) is 5.75 Å². The Morgan fingerprint density at radius 2 is 1.89 bits per heavy atom. The van der Waals surface area contributed by atoms with Gasteiger partial charge in [-0.2, -0.15) is 8.42 Å². The molecule has 0 aliphatic carbocycles. The number of pyridine rings is 1. The van der Waals surface area contributed by atoms with Gasteiger partial charge in [-0.25, -0.2) is 10.1 Å². The highest BCUT2D eigenvalue weighted by Crippen LogP contribution is 2.26. The lowest BCUT2D eigenvalue weighted by Crippen LogP contribution is -2.21. The molecule has 2 heterocycles. The van der Waals surface area contributed by atoms with E-state index in [1.54, 1.807) is 31.8 Å². The first-order valence-electron chi connectivity index (χ1n) is 8.10. The van der Waals surface area contributed by atoms with Gasteiger partial charge in [-0.3, -0.25) is 9.71 Å². The van der Waals surface area contributed by atoms with Crippen LogP contribution in [0, 0.1) is 0 Å². The van der Waals surface area contributed by atoms with Crippen molar-refractivity contribution in [2.75, 3.05) is 11.8 Å². The first kappa shape index (κ1) is 17.3. The van der Waals surface area contributed by atoms with Crippen LogP contribution in [0.2, 0.25) is 0 Å². The summed E-state index contributed by atoms with van der Waals surface area (Å²) in [4.78, 5) is 8.89. The van der Waals surface area contributed by atoms with Crippen LogP contribution in [0.1, 0.15) is 5.56 Å². The second-order valence-corrected chi connectivity index (χ2v) is 7.39. The minimum Gasteiger partial charge on any atom is -0.497 e. The summed E-state index contributed by atoms with van der Waals surface area (Å²) in [5.41, 5.74) is 4.03. The molecule has 0 atom stereocenters. The van der Waals surface area contributed by atoms with Crippen molar-refractivity contribution >= 4 is 37.8 Å². The molecular formula is C18H17N5O3S. The lowest BCUT2D eigenvalue weighted by atomic mass is 10.1. The quantitative estimate of drug-likeness (QED) is 0.549. The van der Waals surface area contributed by atoms with E-state index >= 15 is 0 Å². The maximum atomic E-state index is 11.1. The third-order valence-electron chi connectivity index (χ3n) is 4.22. The number of nitrogens with zero attached hydrogens (tertiary/aromatic N) is 3. The standard InChI is InChI=1S/C18H17N5O3S/c1-26-14-6-7-15-16(8-14)20-9-17-18(15)23(11-21-17)10-12-2-4-13(5-3-12)22-27(19,24)25/h2-9,11,22H,10H2,1H3,(H2,19,24,25). The lowest BCUT2D eigenvalue weighted by Gasteiger charge is -2.09. The van der Waals surface area contributed by atoms with Gasteiger partial charge >= 0.3 is 0 Å². The number of ether oxygens (including phenoxy) is 1. The molecular weight excluding hydrogens is 366 g/mol. The summed E-state index contributed by atoms with van der Waals surface area (Å²) in [6.07, 6.45) is 3.51. The van der Waals surface area contributed by atoms with Gasteiger partial charge in [-0.05, 0) is 29.8 Å². The molecule has 2 aromatic heterocycles. The summed E-state index contributed by atoms with van der Waals surface area (Å²) in [5.74, 6) is 0.748. The van der Waals surface area contributed by atoms with Gasteiger partial charge in [0.2, 0.25) is 0 Å². The third kappa shape index (κ3) is 3.55. The van der Waals surface area contributed by atoms with Gasteiger partial charge in [-0.15, -0.1) is 0 Å². The number of nitrogens with one attached hydrogen (secondary N) is 1. The van der Waals surface area contributed by atoms with Crippen LogP contribution in [0.15, 0.2) is 55.0 Å². The maximum Gasteiger partial charge on any atom is 0.296 e. The minimum atomic E-state index is -3.78. The Morgan fingerprint density at radius 1 is 1.11 bits per heavy atom. The molecule has 0 aliphatic rings. The Labute approximate surface area is 155 Å². The first-order valence-corrected chi connectivity index (χ1v) is 9.65. The second kappa shape index (κ2) is 6.53. The fourth-order valence-corrected chi connectivity index (χ4v) is 3.48. The highest BCUT2D eigenvalue weighted by molar-refractivity contribution is 7.90. The maximum absolute atomic E-state index is 11.1. The molecule has 0 aliphatic heterocycles. The zero-order valence-electron chi connectivity index (χ0n) is 14.5. The predicted molar refractivity (Wildman–Crippen MR) is 104 cm³/mol. The zero-order chi connectivity index (χ0) is 19.0. The van der Waals surface area contributed by atoms with Crippen molar-refractivity contribution in [1.82, 2.24) is 14.5 Å². The van der Waals surface area contributed by atoms with Crippen LogP contribution in [0.3, 0.4) is 0 Å². The number of benzene rings is 2. The van der Waals surface area contributed by atoms with Crippen LogP contribution >= 0.6 is 0 Å². The summed E-state index contributed by atoms with van der Waals surface area (Å²) < 4.78 is 31.7. The summed E-state index contributed by atoms with van der Waals surface area (Å²) in [7, 11) is -2.16. The minimum absolute atomic E-state index is 0.415. The van der Waals surface area contributed by atoms with Crippen LogP contribution in [-0.2, 0) is 16.8 Å². The second-order valence-electron chi connectivity index (χ2n) is 6.09. The SMILES string of the molecule is COc1ccc2c(c1)ncc1ncn(Cc3ccc(NS(N)(=O)=O)cc3)c12. The van der Waals surface area contributed by atoms with E-state index in [0.29, 0.717) is 12.2 Å². The molecule has 2 aromatic carbocycles. The van der Waals surface area contributed by atoms with E-state index in [9.17, 15) is 8.42 Å². The molecule has 8 nitrogen and oxygen atoms in total. The van der Waals surface area contributed by atoms with Crippen LogP contribution in [0.25, 0.3) is 21.9 Å². The van der Waals surface area contributed by atoms with Crippen molar-refractivity contribution in [2.24, 2.45) is 5.14 Å². The van der Waals surface area contributed by atoms with Crippen molar-refractivity contribution in [3.05, 3.63) is 60.6 Å². The molecule has 27 heavy (non-hydrogen) atoms. The van der Waals surface area contributed by atoms with E-state index in [0.717, 1.165) is 33.2 Å². The molecule has 3 N–H and O–H groups in total. The number of nitrogens with two attached hydrogens (primary N) is 1. The Hall–Kier alpha value is -3.17. The van der Waals surface area contributed by atoms with E-state index in [1.807, 2.05) is 34.9 Å². The summed E-state index contributed by atoms with van der Waals surface area (Å²) in [5, 5.41) is 5.97. The van der Waals surface area contributed by atoms with Gasteiger partial charge < -0.3 is 9.30 Å². The Balaban J connectivity index is 1.70. The smallest absolute Gasteiger partial charge is 0.296 e. The molecule has 0 amide bonds. The zero-order valence-corrected chi connectivity index (χ0v) is 15.3. The average molecular weight is 383 g/mol. The summed E-state index contributed by atoms with van der Waals surface area (Å²) in [6, 6.07) is 12.8. The summed E-state index contributed by atoms with van der Waals surface area (Å²) >= 11 is 0. The van der Waals surface area contributed by atoms with E-state index in [1.165, 1.54) is 0 Å². The number of rotatable bonds is 5. The molecule has 0 spiro atoms. The van der Waals surface area contributed by atoms with Crippen LogP contribution < -0.4 is 14.6 Å². The Morgan fingerprint density at radius 3 is 2.59 bits per heavy atom. The van der Waals surface area contributed by atoms with Crippen molar-refractivity contribution < 1.29 is 13.2 Å². The van der Waals surface area contributed by atoms with Gasteiger partial charge in [0.1, 0.15) is 11.3 Å².